The summed E-state index contributed by atoms with van der Waals surface area (Å²) in [5.41, 5.74) is 6.92. The first-order valence-corrected chi connectivity index (χ1v) is 10.7. The quantitative estimate of drug-likeness (QED) is 0.195. The molecule has 33 heavy (non-hydrogen) atoms. The second kappa shape index (κ2) is 7.70. The van der Waals surface area contributed by atoms with E-state index in [0.717, 1.165) is 22.1 Å². The van der Waals surface area contributed by atoms with Crippen molar-refractivity contribution >= 4 is 38.2 Å². The number of benzene rings is 4. The summed E-state index contributed by atoms with van der Waals surface area (Å²) in [4.78, 5) is 4.52. The van der Waals surface area contributed by atoms with E-state index in [9.17, 15) is 0 Å². The SMILES string of the molecule is [Ir].[c-]1ccc(-c2ccc(-n3c4ccccc4c4ccccc43)cc2)c2ccn3ccnc3c12. The van der Waals surface area contributed by atoms with Gasteiger partial charge in [-0.1, -0.05) is 65.5 Å². The summed E-state index contributed by atoms with van der Waals surface area (Å²) in [6.45, 7) is 0. The molecular weight excluding hydrogens is 583 g/mol. The molecule has 0 aliphatic carbocycles. The van der Waals surface area contributed by atoms with Gasteiger partial charge in [0.25, 0.3) is 0 Å². The maximum Gasteiger partial charge on any atom is 0.0603 e. The predicted molar refractivity (Wildman–Crippen MR) is 131 cm³/mol. The molecule has 0 bridgehead atoms. The molecule has 159 valence electrons. The van der Waals surface area contributed by atoms with E-state index in [4.69, 9.17) is 0 Å². The van der Waals surface area contributed by atoms with E-state index in [1.54, 1.807) is 0 Å². The molecule has 3 heterocycles. The van der Waals surface area contributed by atoms with Crippen LogP contribution in [0.3, 0.4) is 0 Å². The van der Waals surface area contributed by atoms with Crippen molar-refractivity contribution in [2.24, 2.45) is 0 Å². The number of aromatic nitrogens is 3. The first-order valence-electron chi connectivity index (χ1n) is 10.7. The smallest absolute Gasteiger partial charge is 0.0603 e. The normalized spacial score (nSPS) is 11.4. The van der Waals surface area contributed by atoms with E-state index < -0.39 is 0 Å². The van der Waals surface area contributed by atoms with Crippen molar-refractivity contribution in [1.29, 1.82) is 0 Å². The Morgan fingerprint density at radius 1 is 0.667 bits per heavy atom. The standard InChI is InChI=1S/C29H18N3.Ir/c1-3-10-27-24(6-1)25-7-2-4-11-28(25)32(27)21-14-12-20(13-15-21)22-8-5-9-26-23(22)16-18-31-19-17-30-29(26)31;/h1-8,10-19H;/q-1;. The zero-order valence-corrected chi connectivity index (χ0v) is 20.0. The zero-order chi connectivity index (χ0) is 21.1. The van der Waals surface area contributed by atoms with E-state index in [2.05, 4.69) is 107 Å². The van der Waals surface area contributed by atoms with Crippen molar-refractivity contribution in [3.05, 3.63) is 116 Å². The molecule has 1 radical (unpaired) electrons. The molecule has 0 spiro atoms. The van der Waals surface area contributed by atoms with E-state index >= 15 is 0 Å². The Balaban J connectivity index is 0.00000206. The van der Waals surface area contributed by atoms with Crippen LogP contribution in [-0.2, 0) is 20.1 Å². The minimum absolute atomic E-state index is 0. The summed E-state index contributed by atoms with van der Waals surface area (Å²) in [7, 11) is 0. The van der Waals surface area contributed by atoms with Crippen LogP contribution in [-0.4, -0.2) is 14.0 Å². The van der Waals surface area contributed by atoms with Gasteiger partial charge in [-0.05, 0) is 36.0 Å². The van der Waals surface area contributed by atoms with Crippen LogP contribution in [0.25, 0.3) is 55.0 Å². The Labute approximate surface area is 204 Å². The molecule has 3 nitrogen and oxygen atoms in total. The summed E-state index contributed by atoms with van der Waals surface area (Å²) in [5.74, 6) is 0. The third-order valence-electron chi connectivity index (χ3n) is 6.35. The minimum Gasteiger partial charge on any atom is -0.347 e. The van der Waals surface area contributed by atoms with Crippen LogP contribution in [0.15, 0.2) is 110 Å². The van der Waals surface area contributed by atoms with Gasteiger partial charge in [0, 0.05) is 49.0 Å². The number of hydrogen-bond donors (Lipinski definition) is 0. The first-order chi connectivity index (χ1) is 15.9. The number of para-hydroxylation sites is 2. The fraction of sp³-hybridized carbons (Fsp3) is 0. The Kier molecular flexibility index (Phi) is 4.65. The van der Waals surface area contributed by atoms with Crippen LogP contribution in [0.1, 0.15) is 0 Å². The molecule has 3 aromatic heterocycles. The molecule has 0 aliphatic rings. The number of fused-ring (bicyclic) bond motifs is 6. The zero-order valence-electron chi connectivity index (χ0n) is 17.6. The van der Waals surface area contributed by atoms with Crippen LogP contribution in [0.4, 0.5) is 0 Å². The van der Waals surface area contributed by atoms with Crippen molar-refractivity contribution in [2.75, 3.05) is 0 Å². The van der Waals surface area contributed by atoms with Gasteiger partial charge in [0.1, 0.15) is 0 Å². The number of rotatable bonds is 2. The van der Waals surface area contributed by atoms with Gasteiger partial charge in [0.15, 0.2) is 0 Å². The van der Waals surface area contributed by atoms with Crippen molar-refractivity contribution in [2.45, 2.75) is 0 Å². The molecule has 0 saturated carbocycles. The van der Waals surface area contributed by atoms with Gasteiger partial charge in [-0.15, -0.1) is 23.6 Å². The fourth-order valence-corrected chi connectivity index (χ4v) is 4.89. The molecule has 4 heteroatoms. The second-order valence-electron chi connectivity index (χ2n) is 8.07. The monoisotopic (exact) mass is 601 g/mol. The molecule has 7 rings (SSSR count). The minimum atomic E-state index is 0. The molecule has 0 saturated heterocycles. The van der Waals surface area contributed by atoms with Gasteiger partial charge in [0.2, 0.25) is 0 Å². The molecular formula is C29H18IrN3-. The summed E-state index contributed by atoms with van der Waals surface area (Å²) < 4.78 is 4.38. The summed E-state index contributed by atoms with van der Waals surface area (Å²) in [5, 5.41) is 4.76. The van der Waals surface area contributed by atoms with Gasteiger partial charge in [-0.2, -0.15) is 0 Å². The average molecular weight is 601 g/mol. The van der Waals surface area contributed by atoms with Crippen LogP contribution in [0.5, 0.6) is 0 Å². The third-order valence-corrected chi connectivity index (χ3v) is 6.35. The van der Waals surface area contributed by atoms with E-state index in [1.165, 1.54) is 32.9 Å². The molecule has 0 atom stereocenters. The van der Waals surface area contributed by atoms with Gasteiger partial charge in [-0.3, -0.25) is 4.98 Å². The largest absolute Gasteiger partial charge is 0.347 e. The Morgan fingerprint density at radius 2 is 1.36 bits per heavy atom. The molecule has 0 fully saturated rings. The maximum absolute atomic E-state index is 4.52. The molecule has 0 N–H and O–H groups in total. The predicted octanol–water partition coefficient (Wildman–Crippen LogP) is 7.05. The van der Waals surface area contributed by atoms with Crippen molar-refractivity contribution in [3.63, 3.8) is 0 Å². The first kappa shape index (κ1) is 19.9. The van der Waals surface area contributed by atoms with Crippen LogP contribution < -0.4 is 0 Å². The Morgan fingerprint density at radius 3 is 2.09 bits per heavy atom. The number of imidazole rings is 1. The molecule has 0 amide bonds. The van der Waals surface area contributed by atoms with Crippen molar-refractivity contribution in [3.8, 4) is 16.8 Å². The van der Waals surface area contributed by atoms with Gasteiger partial charge >= 0.3 is 0 Å². The summed E-state index contributed by atoms with van der Waals surface area (Å²) in [6.07, 6.45) is 5.86. The van der Waals surface area contributed by atoms with Crippen LogP contribution in [0.2, 0.25) is 0 Å². The molecule has 7 aromatic rings. The van der Waals surface area contributed by atoms with E-state index in [-0.39, 0.29) is 20.1 Å². The van der Waals surface area contributed by atoms with Gasteiger partial charge in [0.05, 0.1) is 16.7 Å². The third kappa shape index (κ3) is 2.96. The van der Waals surface area contributed by atoms with Crippen LogP contribution >= 0.6 is 0 Å². The maximum atomic E-state index is 4.52. The fourth-order valence-electron chi connectivity index (χ4n) is 4.89. The topological polar surface area (TPSA) is 22.2 Å². The molecule has 0 unspecified atom stereocenters. The van der Waals surface area contributed by atoms with Gasteiger partial charge in [-0.25, -0.2) is 0 Å². The Bertz CT molecular complexity index is 1720. The Hall–Kier alpha value is -3.72. The molecule has 4 aromatic carbocycles. The molecule has 0 aliphatic heterocycles. The van der Waals surface area contributed by atoms with Crippen molar-refractivity contribution in [1.82, 2.24) is 14.0 Å². The summed E-state index contributed by atoms with van der Waals surface area (Å²) >= 11 is 0. The number of hydrogen-bond acceptors (Lipinski definition) is 1. The second-order valence-corrected chi connectivity index (χ2v) is 8.07. The van der Waals surface area contributed by atoms with Crippen LogP contribution in [0, 0.1) is 6.07 Å². The number of pyridine rings is 1. The van der Waals surface area contributed by atoms with E-state index in [1.807, 2.05) is 22.9 Å². The van der Waals surface area contributed by atoms with Gasteiger partial charge < -0.3 is 8.97 Å². The average Bonchev–Trinajstić information content (AvgIpc) is 3.47. The number of nitrogens with zero attached hydrogens (tertiary/aromatic N) is 3. The van der Waals surface area contributed by atoms with E-state index in [0.29, 0.717) is 0 Å². The van der Waals surface area contributed by atoms with Crippen molar-refractivity contribution < 1.29 is 20.1 Å². The summed E-state index contributed by atoms with van der Waals surface area (Å²) in [6, 6.07) is 35.7.